The zero-order valence-electron chi connectivity index (χ0n) is 10.2. The van der Waals surface area contributed by atoms with Gasteiger partial charge in [-0.15, -0.1) is 6.58 Å². The third-order valence-corrected chi connectivity index (χ3v) is 4.63. The normalized spacial score (nSPS) is 43.0. The summed E-state index contributed by atoms with van der Waals surface area (Å²) in [5, 5.41) is 0. The van der Waals surface area contributed by atoms with E-state index in [4.69, 9.17) is 0 Å². The Morgan fingerprint density at radius 3 is 2.67 bits per heavy atom. The van der Waals surface area contributed by atoms with Gasteiger partial charge in [0.05, 0.1) is 0 Å². The highest BCUT2D eigenvalue weighted by Crippen LogP contribution is 2.59. The first kappa shape index (κ1) is 10.9. The summed E-state index contributed by atoms with van der Waals surface area (Å²) in [5.41, 5.74) is 0.346. The monoisotopic (exact) mass is 206 g/mol. The fourth-order valence-corrected chi connectivity index (χ4v) is 3.90. The van der Waals surface area contributed by atoms with Gasteiger partial charge in [0.25, 0.3) is 0 Å². The van der Waals surface area contributed by atoms with Crippen molar-refractivity contribution in [3.63, 3.8) is 0 Å². The summed E-state index contributed by atoms with van der Waals surface area (Å²) in [4.78, 5) is 12.1. The minimum Gasteiger partial charge on any atom is -0.299 e. The van der Waals surface area contributed by atoms with Crippen molar-refractivity contribution in [3.8, 4) is 0 Å². The number of hydrogen-bond donors (Lipinski definition) is 0. The molecule has 0 radical (unpaired) electrons. The van der Waals surface area contributed by atoms with Crippen LogP contribution in [0, 0.1) is 22.7 Å². The van der Waals surface area contributed by atoms with E-state index in [1.165, 1.54) is 12.8 Å². The Bertz CT molecular complexity index is 302. The van der Waals surface area contributed by atoms with Crippen molar-refractivity contribution < 1.29 is 4.79 Å². The number of ketones is 1. The molecule has 2 saturated carbocycles. The fourth-order valence-electron chi connectivity index (χ4n) is 3.90. The van der Waals surface area contributed by atoms with Gasteiger partial charge in [0.1, 0.15) is 5.78 Å². The van der Waals surface area contributed by atoms with Crippen LogP contribution in [0.25, 0.3) is 0 Å². The molecule has 0 bridgehead atoms. The third-order valence-electron chi connectivity index (χ3n) is 4.63. The molecule has 0 heterocycles. The molecule has 0 amide bonds. The molecule has 84 valence electrons. The lowest BCUT2D eigenvalue weighted by Gasteiger charge is -2.30. The predicted molar refractivity (Wildman–Crippen MR) is 62.5 cm³/mol. The number of carbonyl (C=O) groups is 1. The van der Waals surface area contributed by atoms with Crippen molar-refractivity contribution >= 4 is 5.78 Å². The van der Waals surface area contributed by atoms with Crippen LogP contribution in [-0.2, 0) is 4.79 Å². The number of carbonyl (C=O) groups excluding carboxylic acids is 1. The van der Waals surface area contributed by atoms with Gasteiger partial charge in [0, 0.05) is 11.8 Å². The number of rotatable bonds is 2. The first-order valence-electron chi connectivity index (χ1n) is 6.03. The summed E-state index contributed by atoms with van der Waals surface area (Å²) in [6.07, 6.45) is 6.05. The van der Waals surface area contributed by atoms with E-state index in [1.54, 1.807) is 0 Å². The average molecular weight is 206 g/mol. The van der Waals surface area contributed by atoms with Crippen molar-refractivity contribution in [1.82, 2.24) is 0 Å². The maximum absolute atomic E-state index is 12.1. The van der Waals surface area contributed by atoms with Gasteiger partial charge in [0.2, 0.25) is 0 Å². The molecule has 15 heavy (non-hydrogen) atoms. The Morgan fingerprint density at radius 2 is 2.07 bits per heavy atom. The fraction of sp³-hybridized carbons (Fsp3) is 0.786. The molecule has 1 heteroatoms. The van der Waals surface area contributed by atoms with Crippen LogP contribution in [0.5, 0.6) is 0 Å². The second-order valence-corrected chi connectivity index (χ2v) is 6.48. The molecule has 0 aromatic rings. The van der Waals surface area contributed by atoms with Crippen LogP contribution in [0.4, 0.5) is 0 Å². The van der Waals surface area contributed by atoms with Crippen LogP contribution in [-0.4, -0.2) is 5.78 Å². The second kappa shape index (κ2) is 3.20. The molecule has 0 saturated heterocycles. The average Bonchev–Trinajstić information content (AvgIpc) is 2.50. The summed E-state index contributed by atoms with van der Waals surface area (Å²) >= 11 is 0. The summed E-state index contributed by atoms with van der Waals surface area (Å²) in [5.74, 6) is 1.74. The highest BCUT2D eigenvalue weighted by atomic mass is 16.1. The molecule has 0 aliphatic heterocycles. The predicted octanol–water partition coefficient (Wildman–Crippen LogP) is 3.59. The molecule has 0 spiro atoms. The van der Waals surface area contributed by atoms with E-state index in [0.717, 1.165) is 12.8 Å². The molecular formula is C14H22O. The van der Waals surface area contributed by atoms with Crippen LogP contribution in [0.3, 0.4) is 0 Å². The first-order valence-corrected chi connectivity index (χ1v) is 6.03. The summed E-state index contributed by atoms with van der Waals surface area (Å²) < 4.78 is 0. The quantitative estimate of drug-likeness (QED) is 0.631. The van der Waals surface area contributed by atoms with Crippen LogP contribution in [0.2, 0.25) is 0 Å². The molecule has 3 atom stereocenters. The largest absolute Gasteiger partial charge is 0.299 e. The van der Waals surface area contributed by atoms with E-state index < -0.39 is 0 Å². The third kappa shape index (κ3) is 1.56. The Labute approximate surface area is 92.9 Å². The standard InChI is InChI=1S/C14H22O/c1-5-6-14(4)11-9-13(2,3)8-10(11)7-12(14)15/h5,10-11H,1,6-9H2,2-4H3/t10-,11+,14-/m0/s1. The van der Waals surface area contributed by atoms with Crippen LogP contribution < -0.4 is 0 Å². The van der Waals surface area contributed by atoms with Gasteiger partial charge in [-0.05, 0) is 36.5 Å². The van der Waals surface area contributed by atoms with E-state index in [9.17, 15) is 4.79 Å². The molecular weight excluding hydrogens is 184 g/mol. The van der Waals surface area contributed by atoms with E-state index in [-0.39, 0.29) is 5.41 Å². The first-order chi connectivity index (χ1) is 6.89. The van der Waals surface area contributed by atoms with Gasteiger partial charge in [-0.3, -0.25) is 4.79 Å². The maximum atomic E-state index is 12.1. The van der Waals surface area contributed by atoms with Crippen molar-refractivity contribution in [1.29, 1.82) is 0 Å². The lowest BCUT2D eigenvalue weighted by Crippen LogP contribution is -2.29. The minimum absolute atomic E-state index is 0.0970. The van der Waals surface area contributed by atoms with Crippen molar-refractivity contribution in [3.05, 3.63) is 12.7 Å². The highest BCUT2D eigenvalue weighted by Gasteiger charge is 2.56. The topological polar surface area (TPSA) is 17.1 Å². The summed E-state index contributed by atoms with van der Waals surface area (Å²) in [7, 11) is 0. The molecule has 1 nitrogen and oxygen atoms in total. The summed E-state index contributed by atoms with van der Waals surface area (Å²) in [6, 6.07) is 0. The van der Waals surface area contributed by atoms with E-state index >= 15 is 0 Å². The molecule has 2 fully saturated rings. The zero-order chi connectivity index (χ0) is 11.3. The molecule has 0 unspecified atom stereocenters. The van der Waals surface area contributed by atoms with Gasteiger partial charge in [-0.1, -0.05) is 26.8 Å². The van der Waals surface area contributed by atoms with Crippen LogP contribution in [0.1, 0.15) is 46.5 Å². The number of Topliss-reactive ketones (excluding diaryl/α,β-unsaturated/α-hetero) is 1. The zero-order valence-corrected chi connectivity index (χ0v) is 10.2. The van der Waals surface area contributed by atoms with Crippen LogP contribution in [0.15, 0.2) is 12.7 Å². The lowest BCUT2D eigenvalue weighted by atomic mass is 9.73. The smallest absolute Gasteiger partial charge is 0.139 e. The highest BCUT2D eigenvalue weighted by molar-refractivity contribution is 5.87. The Morgan fingerprint density at radius 1 is 1.40 bits per heavy atom. The Kier molecular flexibility index (Phi) is 2.33. The van der Waals surface area contributed by atoms with E-state index in [2.05, 4.69) is 27.4 Å². The minimum atomic E-state index is -0.0970. The molecule has 2 rings (SSSR count). The Hall–Kier alpha value is -0.590. The SMILES string of the molecule is C=CC[C@]1(C)C(=O)C[C@H]2CC(C)(C)C[C@H]21. The van der Waals surface area contributed by atoms with Crippen LogP contribution >= 0.6 is 0 Å². The molecule has 0 N–H and O–H groups in total. The molecule has 2 aliphatic rings. The van der Waals surface area contributed by atoms with Gasteiger partial charge in [-0.25, -0.2) is 0 Å². The van der Waals surface area contributed by atoms with E-state index in [0.29, 0.717) is 23.0 Å². The Balaban J connectivity index is 2.26. The second-order valence-electron chi connectivity index (χ2n) is 6.48. The number of hydrogen-bond acceptors (Lipinski definition) is 1. The van der Waals surface area contributed by atoms with Crippen molar-refractivity contribution in [2.45, 2.75) is 46.5 Å². The van der Waals surface area contributed by atoms with Gasteiger partial charge >= 0.3 is 0 Å². The maximum Gasteiger partial charge on any atom is 0.139 e. The lowest BCUT2D eigenvalue weighted by molar-refractivity contribution is -0.126. The number of allylic oxidation sites excluding steroid dienone is 1. The van der Waals surface area contributed by atoms with Gasteiger partial charge in [0.15, 0.2) is 0 Å². The molecule has 0 aromatic heterocycles. The molecule has 0 aromatic carbocycles. The number of fused-ring (bicyclic) bond motifs is 1. The van der Waals surface area contributed by atoms with Gasteiger partial charge in [-0.2, -0.15) is 0 Å². The van der Waals surface area contributed by atoms with Crippen molar-refractivity contribution in [2.24, 2.45) is 22.7 Å². The van der Waals surface area contributed by atoms with Crippen molar-refractivity contribution in [2.75, 3.05) is 0 Å². The van der Waals surface area contributed by atoms with E-state index in [1.807, 2.05) is 6.08 Å². The summed E-state index contributed by atoms with van der Waals surface area (Å²) in [6.45, 7) is 10.6. The van der Waals surface area contributed by atoms with Gasteiger partial charge < -0.3 is 0 Å². The molecule has 2 aliphatic carbocycles.